The minimum Gasteiger partial charge on any atom is -0.269 e. The molecule has 0 saturated carbocycles. The molecule has 5 heteroatoms. The zero-order valence-electron chi connectivity index (χ0n) is 10.4. The normalized spacial score (nSPS) is 14.8. The highest BCUT2D eigenvalue weighted by Crippen LogP contribution is 2.29. The van der Waals surface area contributed by atoms with E-state index in [0.29, 0.717) is 0 Å². The maximum absolute atomic E-state index is 4.50. The van der Waals surface area contributed by atoms with E-state index in [1.807, 2.05) is 16.9 Å². The van der Waals surface area contributed by atoms with Crippen molar-refractivity contribution < 1.29 is 0 Å². The fourth-order valence-corrected chi connectivity index (χ4v) is 3.18. The number of aryl methyl sites for hydroxylation is 1. The van der Waals surface area contributed by atoms with Gasteiger partial charge < -0.3 is 0 Å². The Bertz CT molecular complexity index is 756. The maximum atomic E-state index is 4.50. The average Bonchev–Trinajstić information content (AvgIpc) is 3.03. The predicted octanol–water partition coefficient (Wildman–Crippen LogP) is 3.30. The van der Waals surface area contributed by atoms with Gasteiger partial charge in [-0.05, 0) is 41.3 Å². The minimum atomic E-state index is 1.02. The van der Waals surface area contributed by atoms with E-state index in [4.69, 9.17) is 0 Å². The summed E-state index contributed by atoms with van der Waals surface area (Å²) >= 11 is 3.50. The van der Waals surface area contributed by atoms with Crippen LogP contribution in [0.3, 0.4) is 0 Å². The van der Waals surface area contributed by atoms with Crippen molar-refractivity contribution in [3.63, 3.8) is 0 Å². The van der Waals surface area contributed by atoms with E-state index in [1.54, 1.807) is 0 Å². The van der Waals surface area contributed by atoms with Crippen LogP contribution in [0.25, 0.3) is 16.6 Å². The molecule has 0 saturated heterocycles. The molecular formula is C14H13BrN4. The zero-order chi connectivity index (χ0) is 12.8. The molecule has 4 nitrogen and oxygen atoms in total. The summed E-state index contributed by atoms with van der Waals surface area (Å²) < 4.78 is 5.07. The van der Waals surface area contributed by atoms with Crippen molar-refractivity contribution in [1.82, 2.24) is 19.4 Å². The molecule has 0 unspecified atom stereocenters. The first kappa shape index (κ1) is 11.2. The molecule has 1 aliphatic heterocycles. The molecule has 0 atom stereocenters. The Labute approximate surface area is 119 Å². The van der Waals surface area contributed by atoms with Gasteiger partial charge in [-0.25, -0.2) is 4.52 Å². The molecule has 0 fully saturated rings. The highest BCUT2D eigenvalue weighted by atomic mass is 79.9. The number of aromatic nitrogens is 4. The average molecular weight is 317 g/mol. The molecule has 96 valence electrons. The van der Waals surface area contributed by atoms with Crippen LogP contribution in [0.5, 0.6) is 0 Å². The first-order valence-electron chi connectivity index (χ1n) is 6.51. The third-order valence-electron chi connectivity index (χ3n) is 3.76. The van der Waals surface area contributed by atoms with Gasteiger partial charge in [0.1, 0.15) is 0 Å². The summed E-state index contributed by atoms with van der Waals surface area (Å²) in [6, 6.07) is 4.24. The molecule has 3 aromatic rings. The summed E-state index contributed by atoms with van der Waals surface area (Å²) in [6.45, 7) is 1.05. The molecule has 3 aromatic heterocycles. The van der Waals surface area contributed by atoms with Crippen LogP contribution in [0, 0.1) is 0 Å². The Morgan fingerprint density at radius 2 is 2.05 bits per heavy atom. The summed E-state index contributed by atoms with van der Waals surface area (Å²) in [4.78, 5) is 0. The number of nitrogens with zero attached hydrogens (tertiary/aromatic N) is 4. The lowest BCUT2D eigenvalue weighted by Gasteiger charge is -2.14. The molecule has 0 radical (unpaired) electrons. The van der Waals surface area contributed by atoms with Gasteiger partial charge in [0.2, 0.25) is 0 Å². The lowest BCUT2D eigenvalue weighted by molar-refractivity contribution is 0.487. The number of pyridine rings is 1. The van der Waals surface area contributed by atoms with Crippen molar-refractivity contribution in [3.8, 4) is 11.1 Å². The molecule has 0 bridgehead atoms. The predicted molar refractivity (Wildman–Crippen MR) is 77.1 cm³/mol. The van der Waals surface area contributed by atoms with Crippen molar-refractivity contribution in [2.45, 2.75) is 25.8 Å². The van der Waals surface area contributed by atoms with Crippen LogP contribution in [-0.4, -0.2) is 19.4 Å². The molecule has 0 N–H and O–H groups in total. The van der Waals surface area contributed by atoms with Gasteiger partial charge in [0.15, 0.2) is 0 Å². The molecule has 4 rings (SSSR count). The standard InChI is InChI=1S/C14H13BrN4/c15-12-8-17-19-9-10(4-5-14(12)19)11-7-16-18-6-2-1-3-13(11)18/h4-5,7-9H,1-3,6H2. The highest BCUT2D eigenvalue weighted by molar-refractivity contribution is 9.10. The molecule has 0 spiro atoms. The summed E-state index contributed by atoms with van der Waals surface area (Å²) in [5, 5.41) is 8.84. The second-order valence-corrected chi connectivity index (χ2v) is 5.78. The van der Waals surface area contributed by atoms with Crippen LogP contribution < -0.4 is 0 Å². The number of halogens is 1. The first-order chi connectivity index (χ1) is 9.33. The van der Waals surface area contributed by atoms with E-state index in [0.717, 1.165) is 23.0 Å². The molecular weight excluding hydrogens is 304 g/mol. The molecule has 0 aliphatic carbocycles. The Morgan fingerprint density at radius 3 is 3.00 bits per heavy atom. The summed E-state index contributed by atoms with van der Waals surface area (Å²) in [5.41, 5.74) is 4.88. The minimum absolute atomic E-state index is 1.02. The third kappa shape index (κ3) is 1.72. The summed E-state index contributed by atoms with van der Waals surface area (Å²) in [6.07, 6.45) is 9.50. The van der Waals surface area contributed by atoms with Gasteiger partial charge in [0.05, 0.1) is 22.4 Å². The number of fused-ring (bicyclic) bond motifs is 2. The second-order valence-electron chi connectivity index (χ2n) is 4.93. The molecule has 1 aliphatic rings. The monoisotopic (exact) mass is 316 g/mol. The van der Waals surface area contributed by atoms with E-state index >= 15 is 0 Å². The van der Waals surface area contributed by atoms with Crippen molar-refractivity contribution in [1.29, 1.82) is 0 Å². The van der Waals surface area contributed by atoms with Gasteiger partial charge >= 0.3 is 0 Å². The van der Waals surface area contributed by atoms with Gasteiger partial charge in [0.25, 0.3) is 0 Å². The largest absolute Gasteiger partial charge is 0.269 e. The molecule has 0 amide bonds. The Balaban J connectivity index is 1.87. The lowest BCUT2D eigenvalue weighted by atomic mass is 10.0. The van der Waals surface area contributed by atoms with Gasteiger partial charge in [-0.3, -0.25) is 4.68 Å². The number of hydrogen-bond acceptors (Lipinski definition) is 2. The van der Waals surface area contributed by atoms with Crippen molar-refractivity contribution >= 4 is 21.4 Å². The van der Waals surface area contributed by atoms with Crippen LogP contribution in [-0.2, 0) is 13.0 Å². The molecule has 0 aromatic carbocycles. The van der Waals surface area contributed by atoms with Crippen molar-refractivity contribution in [2.24, 2.45) is 0 Å². The van der Waals surface area contributed by atoms with E-state index in [1.165, 1.54) is 29.7 Å². The van der Waals surface area contributed by atoms with Crippen LogP contribution >= 0.6 is 15.9 Å². The topological polar surface area (TPSA) is 35.1 Å². The van der Waals surface area contributed by atoms with Gasteiger partial charge in [-0.1, -0.05) is 6.07 Å². The lowest BCUT2D eigenvalue weighted by Crippen LogP contribution is -2.11. The SMILES string of the molecule is Brc1cnn2cc(-c3cnn4c3CCCC4)ccc12. The molecule has 4 heterocycles. The number of hydrogen-bond donors (Lipinski definition) is 0. The number of rotatable bonds is 1. The Kier molecular flexibility index (Phi) is 2.48. The summed E-state index contributed by atoms with van der Waals surface area (Å²) in [7, 11) is 0. The smallest absolute Gasteiger partial charge is 0.0804 e. The van der Waals surface area contributed by atoms with E-state index in [-0.39, 0.29) is 0 Å². The van der Waals surface area contributed by atoms with Gasteiger partial charge in [-0.15, -0.1) is 0 Å². The van der Waals surface area contributed by atoms with Gasteiger partial charge in [-0.2, -0.15) is 10.2 Å². The summed E-state index contributed by atoms with van der Waals surface area (Å²) in [5.74, 6) is 0. The van der Waals surface area contributed by atoms with Crippen molar-refractivity contribution in [3.05, 3.63) is 40.9 Å². The van der Waals surface area contributed by atoms with Crippen LogP contribution in [0.1, 0.15) is 18.5 Å². The Morgan fingerprint density at radius 1 is 1.11 bits per heavy atom. The van der Waals surface area contributed by atoms with Crippen LogP contribution in [0.4, 0.5) is 0 Å². The highest BCUT2D eigenvalue weighted by Gasteiger charge is 2.16. The zero-order valence-corrected chi connectivity index (χ0v) is 12.0. The fourth-order valence-electron chi connectivity index (χ4n) is 2.77. The third-order valence-corrected chi connectivity index (χ3v) is 4.37. The maximum Gasteiger partial charge on any atom is 0.0804 e. The van der Waals surface area contributed by atoms with Crippen LogP contribution in [0.15, 0.2) is 35.2 Å². The van der Waals surface area contributed by atoms with E-state index in [2.05, 4.69) is 49.1 Å². The second kappa shape index (κ2) is 4.20. The molecule has 19 heavy (non-hydrogen) atoms. The van der Waals surface area contributed by atoms with Crippen molar-refractivity contribution in [2.75, 3.05) is 0 Å². The van der Waals surface area contributed by atoms with Crippen LogP contribution in [0.2, 0.25) is 0 Å². The van der Waals surface area contributed by atoms with Gasteiger partial charge in [0, 0.05) is 29.6 Å². The first-order valence-corrected chi connectivity index (χ1v) is 7.30. The van der Waals surface area contributed by atoms with E-state index in [9.17, 15) is 0 Å². The Hall–Kier alpha value is -1.62. The fraction of sp³-hybridized carbons (Fsp3) is 0.286. The quantitative estimate of drug-likeness (QED) is 0.690. The van der Waals surface area contributed by atoms with E-state index < -0.39 is 0 Å².